The highest BCUT2D eigenvalue weighted by molar-refractivity contribution is 5.94. The number of hydrazine groups is 1. The first-order valence-corrected chi connectivity index (χ1v) is 8.00. The lowest BCUT2D eigenvalue weighted by Gasteiger charge is -2.38. The first kappa shape index (κ1) is 19.3. The maximum absolute atomic E-state index is 12.5. The fraction of sp³-hybridized carbons (Fsp3) is 0.611. The first-order chi connectivity index (χ1) is 10.7. The molecule has 0 bridgehead atoms. The minimum absolute atomic E-state index is 0.0790. The van der Waals surface area contributed by atoms with E-state index in [9.17, 15) is 4.79 Å². The monoisotopic (exact) mass is 322 g/mol. The Morgan fingerprint density at radius 3 is 2.30 bits per heavy atom. The second-order valence-electron chi connectivity index (χ2n) is 6.79. The highest BCUT2D eigenvalue weighted by atomic mass is 16.5. The van der Waals surface area contributed by atoms with Crippen LogP contribution in [0.1, 0.15) is 50.9 Å². The zero-order chi connectivity index (χ0) is 17.6. The van der Waals surface area contributed by atoms with Crippen molar-refractivity contribution in [2.75, 3.05) is 21.3 Å². The van der Waals surface area contributed by atoms with Crippen LogP contribution in [0.2, 0.25) is 0 Å². The van der Waals surface area contributed by atoms with Crippen LogP contribution in [0.15, 0.2) is 18.2 Å². The van der Waals surface area contributed by atoms with Gasteiger partial charge in [-0.1, -0.05) is 34.1 Å². The molecular formula is C18H30N2O3. The van der Waals surface area contributed by atoms with E-state index >= 15 is 0 Å². The van der Waals surface area contributed by atoms with Crippen molar-refractivity contribution in [1.29, 1.82) is 0 Å². The normalized spacial score (nSPS) is 12.9. The third kappa shape index (κ3) is 5.13. The molecule has 0 aromatic heterocycles. The average molecular weight is 322 g/mol. The topological polar surface area (TPSA) is 50.8 Å². The molecule has 0 aliphatic rings. The molecule has 1 aromatic carbocycles. The van der Waals surface area contributed by atoms with E-state index in [1.165, 1.54) is 0 Å². The molecule has 5 nitrogen and oxygen atoms in total. The maximum Gasteiger partial charge on any atom is 0.265 e. The number of amides is 1. The van der Waals surface area contributed by atoms with Gasteiger partial charge in [-0.25, -0.2) is 5.01 Å². The lowest BCUT2D eigenvalue weighted by molar-refractivity contribution is 0.0521. The summed E-state index contributed by atoms with van der Waals surface area (Å²) in [5.41, 5.74) is 3.59. The number of nitrogens with zero attached hydrogens (tertiary/aromatic N) is 1. The third-order valence-electron chi connectivity index (χ3n) is 3.95. The van der Waals surface area contributed by atoms with Gasteiger partial charge in [-0.2, -0.15) is 0 Å². The van der Waals surface area contributed by atoms with Crippen molar-refractivity contribution in [3.63, 3.8) is 0 Å². The van der Waals surface area contributed by atoms with E-state index in [-0.39, 0.29) is 17.4 Å². The number of carbonyl (C=O) groups excluding carboxylic acids is 1. The molecule has 0 spiro atoms. The number of hydrogen-bond acceptors (Lipinski definition) is 4. The summed E-state index contributed by atoms with van der Waals surface area (Å²) in [5, 5.41) is 1.92. The number of methoxy groups -OCH3 is 2. The molecule has 0 fully saturated rings. The number of hydrogen-bond donors (Lipinski definition) is 1. The Hall–Kier alpha value is -1.75. The summed E-state index contributed by atoms with van der Waals surface area (Å²) in [6, 6.07) is 5.42. The Labute approximate surface area is 139 Å². The molecule has 1 unspecified atom stereocenters. The average Bonchev–Trinajstić information content (AvgIpc) is 2.50. The van der Waals surface area contributed by atoms with Gasteiger partial charge in [-0.3, -0.25) is 10.2 Å². The lowest BCUT2D eigenvalue weighted by Crippen LogP contribution is -2.51. The van der Waals surface area contributed by atoms with Gasteiger partial charge in [0, 0.05) is 18.7 Å². The molecular weight excluding hydrogens is 292 g/mol. The smallest absolute Gasteiger partial charge is 0.265 e. The summed E-state index contributed by atoms with van der Waals surface area (Å²) in [4.78, 5) is 12.5. The molecule has 0 saturated heterocycles. The van der Waals surface area contributed by atoms with Gasteiger partial charge >= 0.3 is 0 Å². The Morgan fingerprint density at radius 1 is 1.22 bits per heavy atom. The van der Waals surface area contributed by atoms with E-state index in [1.807, 2.05) is 12.1 Å². The van der Waals surface area contributed by atoms with Gasteiger partial charge in [0.25, 0.3) is 5.91 Å². The second-order valence-corrected chi connectivity index (χ2v) is 6.79. The molecule has 1 atom stereocenters. The third-order valence-corrected chi connectivity index (χ3v) is 3.95. The van der Waals surface area contributed by atoms with Crippen LogP contribution in [0.4, 0.5) is 0 Å². The molecule has 130 valence electrons. The predicted molar refractivity (Wildman–Crippen MR) is 92.9 cm³/mol. The van der Waals surface area contributed by atoms with Crippen molar-refractivity contribution in [2.45, 2.75) is 46.6 Å². The molecule has 1 N–H and O–H groups in total. The molecule has 0 heterocycles. The van der Waals surface area contributed by atoms with Crippen LogP contribution in [-0.2, 0) is 0 Å². The standard InChI is InChI=1S/C18H30N2O3/c1-8-9-16(18(2,3)4)20(5)19-17(21)13-10-11-14(22-6)15(12-13)23-7/h10-12,16H,8-9H2,1-7H3,(H,19,21). The van der Waals surface area contributed by atoms with E-state index in [0.717, 1.165) is 12.8 Å². The van der Waals surface area contributed by atoms with Crippen LogP contribution < -0.4 is 14.9 Å². The van der Waals surface area contributed by atoms with Crippen LogP contribution in [-0.4, -0.2) is 38.2 Å². The summed E-state index contributed by atoms with van der Waals surface area (Å²) in [6.07, 6.45) is 2.09. The van der Waals surface area contributed by atoms with E-state index in [1.54, 1.807) is 32.4 Å². The number of nitrogens with one attached hydrogen (secondary N) is 1. The molecule has 0 radical (unpaired) electrons. The van der Waals surface area contributed by atoms with Gasteiger partial charge in [0.2, 0.25) is 0 Å². The molecule has 0 aliphatic heterocycles. The molecule has 23 heavy (non-hydrogen) atoms. The van der Waals surface area contributed by atoms with E-state index < -0.39 is 0 Å². The van der Waals surface area contributed by atoms with Gasteiger partial charge in [-0.05, 0) is 30.0 Å². The minimum atomic E-state index is -0.154. The van der Waals surface area contributed by atoms with Gasteiger partial charge in [0.1, 0.15) is 0 Å². The van der Waals surface area contributed by atoms with Crippen molar-refractivity contribution in [2.24, 2.45) is 5.41 Å². The van der Waals surface area contributed by atoms with Gasteiger partial charge in [-0.15, -0.1) is 0 Å². The van der Waals surface area contributed by atoms with Crippen molar-refractivity contribution < 1.29 is 14.3 Å². The van der Waals surface area contributed by atoms with Crippen LogP contribution in [0.5, 0.6) is 11.5 Å². The van der Waals surface area contributed by atoms with Crippen LogP contribution >= 0.6 is 0 Å². The zero-order valence-corrected chi connectivity index (χ0v) is 15.4. The molecule has 1 rings (SSSR count). The minimum Gasteiger partial charge on any atom is -0.493 e. The van der Waals surface area contributed by atoms with E-state index in [0.29, 0.717) is 17.1 Å². The molecule has 1 aromatic rings. The summed E-state index contributed by atoms with van der Waals surface area (Å²) in [7, 11) is 5.05. The number of benzene rings is 1. The summed E-state index contributed by atoms with van der Waals surface area (Å²) in [5.74, 6) is 0.999. The fourth-order valence-electron chi connectivity index (χ4n) is 2.76. The van der Waals surface area contributed by atoms with Crippen molar-refractivity contribution in [3.05, 3.63) is 23.8 Å². The van der Waals surface area contributed by atoms with E-state index in [2.05, 4.69) is 33.1 Å². The number of ether oxygens (including phenoxy) is 2. The van der Waals surface area contributed by atoms with Crippen LogP contribution in [0.25, 0.3) is 0 Å². The van der Waals surface area contributed by atoms with Crippen molar-refractivity contribution >= 4 is 5.91 Å². The predicted octanol–water partition coefficient (Wildman–Crippen LogP) is 3.50. The highest BCUT2D eigenvalue weighted by Crippen LogP contribution is 2.28. The Kier molecular flexibility index (Phi) is 6.88. The van der Waals surface area contributed by atoms with Gasteiger partial charge in [0.05, 0.1) is 14.2 Å². The fourth-order valence-corrected chi connectivity index (χ4v) is 2.76. The maximum atomic E-state index is 12.5. The number of rotatable bonds is 7. The first-order valence-electron chi connectivity index (χ1n) is 8.00. The number of carbonyl (C=O) groups is 1. The Balaban J connectivity index is 2.89. The quantitative estimate of drug-likeness (QED) is 0.781. The lowest BCUT2D eigenvalue weighted by atomic mass is 9.84. The van der Waals surface area contributed by atoms with Crippen molar-refractivity contribution in [1.82, 2.24) is 10.4 Å². The van der Waals surface area contributed by atoms with Crippen LogP contribution in [0.3, 0.4) is 0 Å². The molecule has 0 aliphatic carbocycles. The molecule has 5 heteroatoms. The highest BCUT2D eigenvalue weighted by Gasteiger charge is 2.28. The van der Waals surface area contributed by atoms with Crippen molar-refractivity contribution in [3.8, 4) is 11.5 Å². The Bertz CT molecular complexity index is 523. The Morgan fingerprint density at radius 2 is 1.83 bits per heavy atom. The van der Waals surface area contributed by atoms with Gasteiger partial charge < -0.3 is 9.47 Å². The van der Waals surface area contributed by atoms with Gasteiger partial charge in [0.15, 0.2) is 11.5 Å². The SMILES string of the molecule is CCCC(N(C)NC(=O)c1ccc(OC)c(OC)c1)C(C)(C)C. The largest absolute Gasteiger partial charge is 0.493 e. The summed E-state index contributed by atoms with van der Waals surface area (Å²) < 4.78 is 10.5. The summed E-state index contributed by atoms with van der Waals surface area (Å²) in [6.45, 7) is 8.72. The zero-order valence-electron chi connectivity index (χ0n) is 15.4. The molecule has 0 saturated carbocycles. The molecule has 1 amide bonds. The van der Waals surface area contributed by atoms with E-state index in [4.69, 9.17) is 9.47 Å². The summed E-state index contributed by atoms with van der Waals surface area (Å²) >= 11 is 0. The second kappa shape index (κ2) is 8.20. The van der Waals surface area contributed by atoms with Crippen LogP contribution in [0, 0.1) is 5.41 Å².